The van der Waals surface area contributed by atoms with Crippen LogP contribution in [0.1, 0.15) is 16.1 Å². The number of benzene rings is 2. The third kappa shape index (κ3) is 2.80. The zero-order chi connectivity index (χ0) is 19.3. The standard InChI is InChI=1S/C21H17N5OS/c1-13-7-14(2)9-15(8-13)26-20-16(10-23-26)21(27)25(12-22-20)11-19-24-17-5-3-4-6-18(17)28-19/h3-10,12H,11H2,1-2H3. The maximum Gasteiger partial charge on any atom is 0.264 e. The van der Waals surface area contributed by atoms with E-state index in [4.69, 9.17) is 0 Å². The number of hydrogen-bond acceptors (Lipinski definition) is 5. The minimum atomic E-state index is -0.111. The molecule has 6 nitrogen and oxygen atoms in total. The fourth-order valence-corrected chi connectivity index (χ4v) is 4.42. The minimum absolute atomic E-state index is 0.111. The van der Waals surface area contributed by atoms with Gasteiger partial charge in [-0.3, -0.25) is 9.36 Å². The van der Waals surface area contributed by atoms with E-state index in [9.17, 15) is 4.79 Å². The fraction of sp³-hybridized carbons (Fsp3) is 0.143. The maximum absolute atomic E-state index is 13.0. The summed E-state index contributed by atoms with van der Waals surface area (Å²) in [6.07, 6.45) is 3.18. The van der Waals surface area contributed by atoms with Crippen molar-refractivity contribution < 1.29 is 0 Å². The molecular weight excluding hydrogens is 370 g/mol. The SMILES string of the molecule is Cc1cc(C)cc(-n2ncc3c(=O)n(Cc4nc5ccccc5s4)cnc32)c1. The van der Waals surface area contributed by atoms with Gasteiger partial charge in [0.05, 0.1) is 28.6 Å². The first-order valence-electron chi connectivity index (χ1n) is 8.95. The Kier molecular flexibility index (Phi) is 3.84. The third-order valence-corrected chi connectivity index (χ3v) is 5.67. The zero-order valence-corrected chi connectivity index (χ0v) is 16.3. The van der Waals surface area contributed by atoms with Gasteiger partial charge in [0.1, 0.15) is 16.7 Å². The molecule has 0 atom stereocenters. The van der Waals surface area contributed by atoms with Crippen LogP contribution in [0.4, 0.5) is 0 Å². The lowest BCUT2D eigenvalue weighted by molar-refractivity contribution is 0.742. The summed E-state index contributed by atoms with van der Waals surface area (Å²) in [5.41, 5.74) is 4.59. The van der Waals surface area contributed by atoms with Crippen molar-refractivity contribution in [3.05, 3.63) is 81.5 Å². The first kappa shape index (κ1) is 16.8. The Morgan fingerprint density at radius 2 is 1.86 bits per heavy atom. The summed E-state index contributed by atoms with van der Waals surface area (Å²) >= 11 is 1.59. The molecule has 7 heteroatoms. The number of fused-ring (bicyclic) bond motifs is 2. The van der Waals surface area contributed by atoms with Crippen molar-refractivity contribution in [3.63, 3.8) is 0 Å². The summed E-state index contributed by atoms with van der Waals surface area (Å²) < 4.78 is 4.42. The first-order valence-corrected chi connectivity index (χ1v) is 9.76. The van der Waals surface area contributed by atoms with Crippen molar-refractivity contribution in [2.24, 2.45) is 0 Å². The lowest BCUT2D eigenvalue weighted by Gasteiger charge is -2.07. The van der Waals surface area contributed by atoms with Crippen LogP contribution in [0, 0.1) is 13.8 Å². The second-order valence-corrected chi connectivity index (χ2v) is 8.01. The molecule has 3 aromatic heterocycles. The molecule has 2 aromatic carbocycles. The molecule has 28 heavy (non-hydrogen) atoms. The van der Waals surface area contributed by atoms with E-state index >= 15 is 0 Å². The van der Waals surface area contributed by atoms with Gasteiger partial charge in [0.15, 0.2) is 5.65 Å². The molecule has 0 saturated carbocycles. The molecule has 0 aliphatic carbocycles. The summed E-state index contributed by atoms with van der Waals surface area (Å²) in [6.45, 7) is 4.48. The second-order valence-electron chi connectivity index (χ2n) is 6.89. The number of rotatable bonds is 3. The highest BCUT2D eigenvalue weighted by molar-refractivity contribution is 7.18. The number of aromatic nitrogens is 5. The maximum atomic E-state index is 13.0. The molecule has 0 aliphatic rings. The van der Waals surface area contributed by atoms with Gasteiger partial charge in [-0.2, -0.15) is 5.10 Å². The molecule has 0 aliphatic heterocycles. The molecule has 0 spiro atoms. The predicted octanol–water partition coefficient (Wildman–Crippen LogP) is 3.86. The smallest absolute Gasteiger partial charge is 0.264 e. The molecule has 5 aromatic rings. The van der Waals surface area contributed by atoms with Crippen LogP contribution in [-0.2, 0) is 6.54 Å². The zero-order valence-electron chi connectivity index (χ0n) is 15.5. The quantitative estimate of drug-likeness (QED) is 0.472. The Morgan fingerprint density at radius 1 is 1.07 bits per heavy atom. The molecule has 3 heterocycles. The van der Waals surface area contributed by atoms with Crippen molar-refractivity contribution in [3.8, 4) is 5.69 Å². The molecule has 0 radical (unpaired) electrons. The van der Waals surface area contributed by atoms with Crippen LogP contribution < -0.4 is 5.56 Å². The highest BCUT2D eigenvalue weighted by atomic mass is 32.1. The van der Waals surface area contributed by atoms with E-state index in [-0.39, 0.29) is 5.56 Å². The van der Waals surface area contributed by atoms with Gasteiger partial charge in [-0.1, -0.05) is 18.2 Å². The van der Waals surface area contributed by atoms with Crippen LogP contribution in [0.5, 0.6) is 0 Å². The highest BCUT2D eigenvalue weighted by Gasteiger charge is 2.13. The number of hydrogen-bond donors (Lipinski definition) is 0. The van der Waals surface area contributed by atoms with E-state index in [1.54, 1.807) is 33.1 Å². The van der Waals surface area contributed by atoms with E-state index in [2.05, 4.69) is 21.1 Å². The van der Waals surface area contributed by atoms with Gasteiger partial charge < -0.3 is 0 Å². The summed E-state index contributed by atoms with van der Waals surface area (Å²) in [6, 6.07) is 14.1. The summed E-state index contributed by atoms with van der Waals surface area (Å²) in [4.78, 5) is 22.1. The topological polar surface area (TPSA) is 65.6 Å². The van der Waals surface area contributed by atoms with Crippen LogP contribution in [-0.4, -0.2) is 24.3 Å². The van der Waals surface area contributed by atoms with Gasteiger partial charge in [-0.25, -0.2) is 14.6 Å². The first-order chi connectivity index (χ1) is 13.6. The molecule has 0 saturated heterocycles. The van der Waals surface area contributed by atoms with Crippen LogP contribution >= 0.6 is 11.3 Å². The Bertz CT molecular complexity index is 1340. The average molecular weight is 387 g/mol. The number of para-hydroxylation sites is 1. The average Bonchev–Trinajstić information content (AvgIpc) is 3.27. The van der Waals surface area contributed by atoms with Crippen LogP contribution in [0.2, 0.25) is 0 Å². The summed E-state index contributed by atoms with van der Waals surface area (Å²) in [5, 5.41) is 5.80. The van der Waals surface area contributed by atoms with Gasteiger partial charge in [0.2, 0.25) is 0 Å². The molecule has 0 fully saturated rings. The molecular formula is C21H17N5OS. The third-order valence-electron chi connectivity index (χ3n) is 4.65. The molecule has 138 valence electrons. The van der Waals surface area contributed by atoms with E-state index in [0.717, 1.165) is 32.0 Å². The van der Waals surface area contributed by atoms with Crippen LogP contribution in [0.3, 0.4) is 0 Å². The second kappa shape index (κ2) is 6.38. The van der Waals surface area contributed by atoms with E-state index in [1.807, 2.05) is 50.2 Å². The van der Waals surface area contributed by atoms with E-state index in [0.29, 0.717) is 17.6 Å². The van der Waals surface area contributed by atoms with Gasteiger partial charge in [-0.05, 0) is 49.2 Å². The lowest BCUT2D eigenvalue weighted by Crippen LogP contribution is -2.21. The molecule has 0 amide bonds. The van der Waals surface area contributed by atoms with Crippen molar-refractivity contribution in [1.29, 1.82) is 0 Å². The fourth-order valence-electron chi connectivity index (χ4n) is 3.46. The highest BCUT2D eigenvalue weighted by Crippen LogP contribution is 2.22. The van der Waals surface area contributed by atoms with Crippen LogP contribution in [0.25, 0.3) is 26.9 Å². The normalized spacial score (nSPS) is 11.5. The number of aryl methyl sites for hydroxylation is 2. The molecule has 0 N–H and O–H groups in total. The molecule has 0 bridgehead atoms. The van der Waals surface area contributed by atoms with Gasteiger partial charge in [-0.15, -0.1) is 11.3 Å². The largest absolute Gasteiger partial charge is 0.292 e. The van der Waals surface area contributed by atoms with Gasteiger partial charge >= 0.3 is 0 Å². The van der Waals surface area contributed by atoms with Gasteiger partial charge in [0, 0.05) is 0 Å². The van der Waals surface area contributed by atoms with E-state index in [1.165, 1.54) is 0 Å². The Balaban J connectivity index is 1.57. The van der Waals surface area contributed by atoms with Crippen molar-refractivity contribution in [1.82, 2.24) is 24.3 Å². The van der Waals surface area contributed by atoms with Crippen molar-refractivity contribution >= 4 is 32.6 Å². The lowest BCUT2D eigenvalue weighted by atomic mass is 10.1. The van der Waals surface area contributed by atoms with Crippen molar-refractivity contribution in [2.45, 2.75) is 20.4 Å². The Morgan fingerprint density at radius 3 is 2.64 bits per heavy atom. The Labute approximate surface area is 164 Å². The molecule has 0 unspecified atom stereocenters. The Hall–Kier alpha value is -3.32. The van der Waals surface area contributed by atoms with E-state index < -0.39 is 0 Å². The van der Waals surface area contributed by atoms with Crippen LogP contribution in [0.15, 0.2) is 59.8 Å². The number of nitrogens with zero attached hydrogens (tertiary/aromatic N) is 5. The monoisotopic (exact) mass is 387 g/mol. The summed E-state index contributed by atoms with van der Waals surface area (Å²) in [7, 11) is 0. The predicted molar refractivity (Wildman–Crippen MR) is 111 cm³/mol. The molecule has 5 rings (SSSR count). The minimum Gasteiger partial charge on any atom is -0.292 e. The van der Waals surface area contributed by atoms with Gasteiger partial charge in [0.25, 0.3) is 5.56 Å². The number of thiazole rings is 1. The summed E-state index contributed by atoms with van der Waals surface area (Å²) in [5.74, 6) is 0. The van der Waals surface area contributed by atoms with Crippen molar-refractivity contribution in [2.75, 3.05) is 0 Å².